The van der Waals surface area contributed by atoms with E-state index in [2.05, 4.69) is 11.4 Å². The van der Waals surface area contributed by atoms with Crippen LogP contribution in [0.5, 0.6) is 0 Å². The lowest BCUT2D eigenvalue weighted by atomic mass is 9.81. The van der Waals surface area contributed by atoms with Crippen LogP contribution in [-0.4, -0.2) is 31.8 Å². The van der Waals surface area contributed by atoms with Crippen molar-refractivity contribution in [2.24, 2.45) is 17.6 Å². The van der Waals surface area contributed by atoms with Crippen molar-refractivity contribution in [2.75, 3.05) is 19.8 Å². The normalized spacial score (nSPS) is 26.0. The molecule has 7 heteroatoms. The zero-order valence-electron chi connectivity index (χ0n) is 14.2. The van der Waals surface area contributed by atoms with Gasteiger partial charge in [0.25, 0.3) is 0 Å². The number of nitrogens with two attached hydrogens (primary N) is 1. The molecule has 4 nitrogen and oxygen atoms in total. The fraction of sp³-hybridized carbons (Fsp3) is 0.421. The maximum absolute atomic E-state index is 13.1. The second-order valence-corrected chi connectivity index (χ2v) is 6.55. The third-order valence-corrected chi connectivity index (χ3v) is 4.80. The van der Waals surface area contributed by atoms with Crippen molar-refractivity contribution in [1.82, 2.24) is 5.32 Å². The summed E-state index contributed by atoms with van der Waals surface area (Å²) in [7, 11) is 0. The third-order valence-electron chi connectivity index (χ3n) is 4.80. The molecule has 1 unspecified atom stereocenters. The molecule has 0 aromatic carbocycles. The molecule has 3 N–H and O–H groups in total. The van der Waals surface area contributed by atoms with Gasteiger partial charge in [0, 0.05) is 31.2 Å². The van der Waals surface area contributed by atoms with E-state index >= 15 is 0 Å². The van der Waals surface area contributed by atoms with E-state index in [-0.39, 0.29) is 12.1 Å². The van der Waals surface area contributed by atoms with Crippen molar-refractivity contribution in [3.8, 4) is 0 Å². The standard InChI is InChI=1S/C19H21F3N2O2/c20-19(21,22)17-10-15(16(11-24-17)18(23)25)14-4-2-1-3-13(14)9-12-5-7-26-8-6-12/h1-4,9-10,12,14,24H,5-8,11H2,(H2,23,25). The SMILES string of the molecule is NC(=O)C1=C(C2C=CC=CC2=CC2CCOCC2)C=C(C(F)(F)F)NC1. The molecule has 3 rings (SSSR count). The lowest BCUT2D eigenvalue weighted by molar-refractivity contribution is -0.115. The largest absolute Gasteiger partial charge is 0.430 e. The van der Waals surface area contributed by atoms with Crippen molar-refractivity contribution < 1.29 is 22.7 Å². The highest BCUT2D eigenvalue weighted by Crippen LogP contribution is 2.36. The van der Waals surface area contributed by atoms with E-state index in [1.54, 1.807) is 12.2 Å². The number of hydrogen-bond donors (Lipinski definition) is 2. The molecule has 2 heterocycles. The minimum atomic E-state index is -4.51. The van der Waals surface area contributed by atoms with E-state index in [4.69, 9.17) is 10.5 Å². The van der Waals surface area contributed by atoms with Crippen LogP contribution in [-0.2, 0) is 9.53 Å². The summed E-state index contributed by atoms with van der Waals surface area (Å²) in [5.74, 6) is -0.828. The highest BCUT2D eigenvalue weighted by molar-refractivity contribution is 5.94. The number of nitrogens with one attached hydrogen (secondary N) is 1. The van der Waals surface area contributed by atoms with E-state index in [9.17, 15) is 18.0 Å². The van der Waals surface area contributed by atoms with Crippen molar-refractivity contribution in [1.29, 1.82) is 0 Å². The van der Waals surface area contributed by atoms with Gasteiger partial charge in [-0.3, -0.25) is 4.79 Å². The quantitative estimate of drug-likeness (QED) is 0.807. The molecule has 26 heavy (non-hydrogen) atoms. The molecular formula is C19H21F3N2O2. The Morgan fingerprint density at radius 2 is 2.00 bits per heavy atom. The van der Waals surface area contributed by atoms with Gasteiger partial charge in [-0.1, -0.05) is 30.4 Å². The van der Waals surface area contributed by atoms with Crippen LogP contribution in [0, 0.1) is 11.8 Å². The van der Waals surface area contributed by atoms with Crippen molar-refractivity contribution in [3.63, 3.8) is 0 Å². The lowest BCUT2D eigenvalue weighted by Gasteiger charge is -2.28. The van der Waals surface area contributed by atoms with Gasteiger partial charge >= 0.3 is 6.18 Å². The number of hydrogen-bond acceptors (Lipinski definition) is 3. The first kappa shape index (κ1) is 18.5. The Balaban J connectivity index is 1.99. The molecular weight excluding hydrogens is 345 g/mol. The molecule has 2 aliphatic heterocycles. The van der Waals surface area contributed by atoms with Gasteiger partial charge < -0.3 is 15.8 Å². The second-order valence-electron chi connectivity index (χ2n) is 6.55. The van der Waals surface area contributed by atoms with Crippen molar-refractivity contribution in [2.45, 2.75) is 19.0 Å². The van der Waals surface area contributed by atoms with Gasteiger partial charge in [0.1, 0.15) is 5.70 Å². The number of alkyl halides is 3. The van der Waals surface area contributed by atoms with E-state index in [0.717, 1.165) is 24.5 Å². The van der Waals surface area contributed by atoms with Gasteiger partial charge in [-0.05, 0) is 36.0 Å². The minimum absolute atomic E-state index is 0.181. The minimum Gasteiger partial charge on any atom is -0.381 e. The number of dihydropyridines is 1. The van der Waals surface area contributed by atoms with E-state index in [1.165, 1.54) is 0 Å². The Kier molecular flexibility index (Phi) is 5.36. The third kappa shape index (κ3) is 4.09. The molecule has 1 saturated heterocycles. The summed E-state index contributed by atoms with van der Waals surface area (Å²) in [4.78, 5) is 11.8. The molecule has 0 aromatic rings. The lowest BCUT2D eigenvalue weighted by Crippen LogP contribution is -2.36. The molecule has 1 amide bonds. The maximum atomic E-state index is 13.1. The fourth-order valence-electron chi connectivity index (χ4n) is 3.42. The topological polar surface area (TPSA) is 64.4 Å². The predicted octanol–water partition coefficient (Wildman–Crippen LogP) is 2.91. The predicted molar refractivity (Wildman–Crippen MR) is 91.8 cm³/mol. The first-order valence-corrected chi connectivity index (χ1v) is 8.56. The summed E-state index contributed by atoms with van der Waals surface area (Å²) in [5.41, 5.74) is 5.94. The number of amides is 1. The maximum Gasteiger partial charge on any atom is 0.430 e. The van der Waals surface area contributed by atoms with Crippen molar-refractivity contribution in [3.05, 3.63) is 58.9 Å². The van der Waals surface area contributed by atoms with Crippen LogP contribution in [0.4, 0.5) is 13.2 Å². The summed E-state index contributed by atoms with van der Waals surface area (Å²) in [6, 6.07) is 0. The molecule has 0 aromatic heterocycles. The average molecular weight is 366 g/mol. The number of ether oxygens (including phenoxy) is 1. The molecule has 0 spiro atoms. The molecule has 1 atom stereocenters. The van der Waals surface area contributed by atoms with Crippen LogP contribution in [0.25, 0.3) is 0 Å². The highest BCUT2D eigenvalue weighted by Gasteiger charge is 2.37. The molecule has 1 aliphatic carbocycles. The molecule has 0 radical (unpaired) electrons. The molecule has 1 fully saturated rings. The molecule has 0 bridgehead atoms. The van der Waals surface area contributed by atoms with Crippen LogP contribution in [0.2, 0.25) is 0 Å². The summed E-state index contributed by atoms with van der Waals surface area (Å²) >= 11 is 0. The van der Waals surface area contributed by atoms with E-state index in [0.29, 0.717) is 24.7 Å². The average Bonchev–Trinajstić information content (AvgIpc) is 2.62. The van der Waals surface area contributed by atoms with Crippen LogP contribution in [0.1, 0.15) is 12.8 Å². The Morgan fingerprint density at radius 3 is 2.65 bits per heavy atom. The smallest absolute Gasteiger partial charge is 0.381 e. The van der Waals surface area contributed by atoms with Crippen LogP contribution >= 0.6 is 0 Å². The van der Waals surface area contributed by atoms with Crippen LogP contribution < -0.4 is 11.1 Å². The Morgan fingerprint density at radius 1 is 1.27 bits per heavy atom. The first-order chi connectivity index (χ1) is 12.4. The second kappa shape index (κ2) is 7.53. The highest BCUT2D eigenvalue weighted by atomic mass is 19.4. The zero-order valence-corrected chi connectivity index (χ0v) is 14.2. The number of rotatable bonds is 3. The Bertz CT molecular complexity index is 724. The summed E-state index contributed by atoms with van der Waals surface area (Å²) in [6.07, 6.45) is 7.66. The molecule has 0 saturated carbocycles. The van der Waals surface area contributed by atoms with Crippen molar-refractivity contribution >= 4 is 5.91 Å². The Labute approximate surface area is 150 Å². The summed E-state index contributed by atoms with van der Waals surface area (Å²) in [5, 5.41) is 2.26. The fourth-order valence-corrected chi connectivity index (χ4v) is 3.42. The molecule has 3 aliphatic rings. The first-order valence-electron chi connectivity index (χ1n) is 8.56. The monoisotopic (exact) mass is 366 g/mol. The van der Waals surface area contributed by atoms with E-state index < -0.39 is 23.7 Å². The number of carbonyl (C=O) groups excluding carboxylic acids is 1. The number of primary amides is 1. The van der Waals surface area contributed by atoms with Gasteiger partial charge in [-0.25, -0.2) is 0 Å². The van der Waals surface area contributed by atoms with E-state index in [1.807, 2.05) is 12.2 Å². The van der Waals surface area contributed by atoms with Gasteiger partial charge in [0.05, 0.1) is 0 Å². The number of halogens is 3. The molecule has 140 valence electrons. The van der Waals surface area contributed by atoms with Gasteiger partial charge in [0.2, 0.25) is 5.91 Å². The van der Waals surface area contributed by atoms with Crippen LogP contribution in [0.15, 0.2) is 58.9 Å². The number of carbonyl (C=O) groups is 1. The number of allylic oxidation sites excluding steroid dienone is 9. The summed E-state index contributed by atoms with van der Waals surface area (Å²) in [6.45, 7) is 1.13. The van der Waals surface area contributed by atoms with Gasteiger partial charge in [-0.2, -0.15) is 13.2 Å². The van der Waals surface area contributed by atoms with Gasteiger partial charge in [0.15, 0.2) is 0 Å². The summed E-state index contributed by atoms with van der Waals surface area (Å²) < 4.78 is 44.8. The Hall–Kier alpha value is -2.28. The van der Waals surface area contributed by atoms with Crippen LogP contribution in [0.3, 0.4) is 0 Å². The zero-order chi connectivity index (χ0) is 18.7. The van der Waals surface area contributed by atoms with Gasteiger partial charge in [-0.15, -0.1) is 0 Å².